The molecule has 0 saturated heterocycles. The molecule has 0 aliphatic heterocycles. The van der Waals surface area contributed by atoms with Gasteiger partial charge in [-0.2, -0.15) is 5.26 Å². The first kappa shape index (κ1) is 18.9. The number of thioether (sulfide) groups is 1. The van der Waals surface area contributed by atoms with E-state index in [0.29, 0.717) is 15.3 Å². The Hall–Kier alpha value is -2.83. The van der Waals surface area contributed by atoms with Crippen molar-refractivity contribution in [2.24, 2.45) is 0 Å². The second-order valence-corrected chi connectivity index (χ2v) is 7.20. The molecular weight excluding hydrogens is 432 g/mol. The summed E-state index contributed by atoms with van der Waals surface area (Å²) in [6.07, 6.45) is 1.63. The second kappa shape index (κ2) is 8.24. The Bertz CT molecular complexity index is 1070. The van der Waals surface area contributed by atoms with Gasteiger partial charge in [0.15, 0.2) is 5.16 Å². The molecule has 0 atom stereocenters. The number of hydrogen-bond donors (Lipinski definition) is 2. The quantitative estimate of drug-likeness (QED) is 0.565. The summed E-state index contributed by atoms with van der Waals surface area (Å²) < 4.78 is 2.55. The molecule has 9 heteroatoms. The minimum atomic E-state index is -1.10. The van der Waals surface area contributed by atoms with E-state index in [2.05, 4.69) is 32.3 Å². The molecule has 0 bridgehead atoms. The molecule has 2 aromatic carbocycles. The van der Waals surface area contributed by atoms with Crippen LogP contribution in [0.5, 0.6) is 0 Å². The van der Waals surface area contributed by atoms with E-state index in [4.69, 9.17) is 5.11 Å². The fraction of sp³-hybridized carbons (Fsp3) is 0.111. The number of nitrogens with zero attached hydrogens (tertiary/aromatic N) is 3. The fourth-order valence-electron chi connectivity index (χ4n) is 2.57. The van der Waals surface area contributed by atoms with Gasteiger partial charge in [-0.25, -0.2) is 4.98 Å². The summed E-state index contributed by atoms with van der Waals surface area (Å²) >= 11 is 4.67. The van der Waals surface area contributed by atoms with Crippen molar-refractivity contribution in [3.63, 3.8) is 0 Å². The zero-order valence-electron chi connectivity index (χ0n) is 13.8. The molecule has 0 saturated carbocycles. The Morgan fingerprint density at radius 3 is 2.70 bits per heavy atom. The summed E-state index contributed by atoms with van der Waals surface area (Å²) in [6.45, 7) is -0.419. The molecule has 0 fully saturated rings. The number of imidazole rings is 1. The highest BCUT2D eigenvalue weighted by atomic mass is 79.9. The number of rotatable bonds is 6. The van der Waals surface area contributed by atoms with Gasteiger partial charge in [-0.15, -0.1) is 0 Å². The van der Waals surface area contributed by atoms with E-state index >= 15 is 0 Å². The van der Waals surface area contributed by atoms with Gasteiger partial charge in [0.2, 0.25) is 5.91 Å². The van der Waals surface area contributed by atoms with Crippen molar-refractivity contribution in [3.8, 4) is 11.8 Å². The van der Waals surface area contributed by atoms with Crippen LogP contribution in [0.3, 0.4) is 0 Å². The van der Waals surface area contributed by atoms with Crippen LogP contribution < -0.4 is 5.32 Å². The number of fused-ring (bicyclic) bond motifs is 1. The number of carbonyl (C=O) groups excluding carboxylic acids is 1. The molecule has 0 unspecified atom stereocenters. The van der Waals surface area contributed by atoms with Crippen LogP contribution in [0, 0.1) is 11.3 Å². The Morgan fingerprint density at radius 2 is 2.00 bits per heavy atom. The van der Waals surface area contributed by atoms with Crippen LogP contribution in [0.2, 0.25) is 0 Å². The van der Waals surface area contributed by atoms with Crippen molar-refractivity contribution < 1.29 is 14.7 Å². The van der Waals surface area contributed by atoms with Crippen LogP contribution in [0.1, 0.15) is 5.56 Å². The lowest BCUT2D eigenvalue weighted by atomic mass is 10.0. The van der Waals surface area contributed by atoms with Crippen LogP contribution in [-0.4, -0.2) is 38.8 Å². The molecule has 0 radical (unpaired) electrons. The van der Waals surface area contributed by atoms with Crippen LogP contribution in [0.25, 0.3) is 16.5 Å². The molecular formula is C18H13BrN4O3S. The molecule has 0 aliphatic rings. The number of hydrogen-bond acceptors (Lipinski definition) is 5. The normalized spacial score (nSPS) is 10.5. The van der Waals surface area contributed by atoms with Crippen LogP contribution in [-0.2, 0) is 9.59 Å². The highest BCUT2D eigenvalue weighted by Gasteiger charge is 2.16. The van der Waals surface area contributed by atoms with Gasteiger partial charge in [0.25, 0.3) is 0 Å². The summed E-state index contributed by atoms with van der Waals surface area (Å²) in [4.78, 5) is 26.6. The fourth-order valence-corrected chi connectivity index (χ4v) is 3.96. The van der Waals surface area contributed by atoms with Gasteiger partial charge in [-0.3, -0.25) is 14.2 Å². The molecule has 2 N–H and O–H groups in total. The van der Waals surface area contributed by atoms with E-state index in [1.807, 2.05) is 34.9 Å². The number of aromatic nitrogens is 2. The Morgan fingerprint density at radius 1 is 1.26 bits per heavy atom. The van der Waals surface area contributed by atoms with Gasteiger partial charge in [-0.1, -0.05) is 36.0 Å². The number of carbonyl (C=O) groups is 2. The van der Waals surface area contributed by atoms with E-state index in [0.717, 1.165) is 16.5 Å². The number of benzene rings is 2. The highest BCUT2D eigenvalue weighted by molar-refractivity contribution is 9.10. The minimum Gasteiger partial charge on any atom is -0.480 e. The summed E-state index contributed by atoms with van der Waals surface area (Å²) in [5, 5.41) is 22.6. The third-order valence-corrected chi connectivity index (χ3v) is 5.23. The van der Waals surface area contributed by atoms with E-state index in [1.54, 1.807) is 12.3 Å². The first-order valence-electron chi connectivity index (χ1n) is 7.78. The molecule has 7 nitrogen and oxygen atoms in total. The lowest BCUT2D eigenvalue weighted by Gasteiger charge is -2.13. The van der Waals surface area contributed by atoms with Crippen LogP contribution in [0.4, 0.5) is 0 Å². The van der Waals surface area contributed by atoms with Crippen LogP contribution >= 0.6 is 27.7 Å². The Labute approximate surface area is 167 Å². The third-order valence-electron chi connectivity index (χ3n) is 3.72. The molecule has 0 spiro atoms. The zero-order valence-corrected chi connectivity index (χ0v) is 16.2. The van der Waals surface area contributed by atoms with E-state index in [-0.39, 0.29) is 5.75 Å². The summed E-state index contributed by atoms with van der Waals surface area (Å²) in [7, 11) is 0. The van der Waals surface area contributed by atoms with Gasteiger partial charge in [0.05, 0.1) is 29.3 Å². The maximum absolute atomic E-state index is 11.8. The van der Waals surface area contributed by atoms with E-state index < -0.39 is 18.4 Å². The summed E-state index contributed by atoms with van der Waals surface area (Å²) in [5.41, 5.74) is 1.40. The predicted octanol–water partition coefficient (Wildman–Crippen LogP) is 2.95. The third kappa shape index (κ3) is 4.13. The molecule has 136 valence electrons. The highest BCUT2D eigenvalue weighted by Crippen LogP contribution is 2.32. The number of carboxylic acid groups (broad SMARTS) is 1. The lowest BCUT2D eigenvalue weighted by molar-refractivity contribution is -0.137. The molecule has 27 heavy (non-hydrogen) atoms. The Balaban J connectivity index is 1.94. The average Bonchev–Trinajstić information content (AvgIpc) is 3.04. The minimum absolute atomic E-state index is 0.0327. The first-order chi connectivity index (χ1) is 13.0. The molecule has 3 rings (SSSR count). The predicted molar refractivity (Wildman–Crippen MR) is 105 cm³/mol. The maximum Gasteiger partial charge on any atom is 0.322 e. The van der Waals surface area contributed by atoms with Gasteiger partial charge < -0.3 is 10.4 Å². The van der Waals surface area contributed by atoms with Gasteiger partial charge >= 0.3 is 5.97 Å². The van der Waals surface area contributed by atoms with E-state index in [1.165, 1.54) is 11.8 Å². The zero-order chi connectivity index (χ0) is 19.4. The van der Waals surface area contributed by atoms with Gasteiger partial charge in [-0.05, 0) is 28.1 Å². The van der Waals surface area contributed by atoms with Crippen molar-refractivity contribution in [3.05, 3.63) is 52.8 Å². The van der Waals surface area contributed by atoms with E-state index in [9.17, 15) is 14.9 Å². The summed E-state index contributed by atoms with van der Waals surface area (Å²) in [6, 6.07) is 13.3. The number of halogens is 1. The number of amides is 1. The van der Waals surface area contributed by atoms with Gasteiger partial charge in [0.1, 0.15) is 11.1 Å². The number of nitrogens with one attached hydrogen (secondary N) is 1. The standard InChI is InChI=1S/C18H13BrN4O3S/c19-15-8-22-18(27-10-16(24)21-9-17(25)26)23(15)14-6-5-11(7-20)12-3-1-2-4-13(12)14/h1-6,8H,9-10H2,(H,21,24)(H,25,26). The monoisotopic (exact) mass is 444 g/mol. The smallest absolute Gasteiger partial charge is 0.322 e. The average molecular weight is 445 g/mol. The van der Waals surface area contributed by atoms with Crippen molar-refractivity contribution in [1.29, 1.82) is 5.26 Å². The number of carboxylic acids is 1. The molecule has 1 amide bonds. The number of aliphatic carboxylic acids is 1. The molecule has 1 heterocycles. The van der Waals surface area contributed by atoms with Crippen LogP contribution in [0.15, 0.2) is 52.4 Å². The summed E-state index contributed by atoms with van der Waals surface area (Å²) in [5.74, 6) is -1.45. The van der Waals surface area contributed by atoms with Crippen molar-refractivity contribution in [1.82, 2.24) is 14.9 Å². The molecule has 0 aliphatic carbocycles. The molecule has 3 aromatic rings. The topological polar surface area (TPSA) is 108 Å². The number of nitriles is 1. The largest absolute Gasteiger partial charge is 0.480 e. The Kier molecular flexibility index (Phi) is 5.78. The van der Waals surface area contributed by atoms with Crippen molar-refractivity contribution >= 4 is 50.3 Å². The second-order valence-electron chi connectivity index (χ2n) is 5.45. The maximum atomic E-state index is 11.8. The van der Waals surface area contributed by atoms with Gasteiger partial charge in [0, 0.05) is 10.8 Å². The molecule has 1 aromatic heterocycles. The van der Waals surface area contributed by atoms with Crippen molar-refractivity contribution in [2.45, 2.75) is 5.16 Å². The lowest BCUT2D eigenvalue weighted by Crippen LogP contribution is -2.30. The first-order valence-corrected chi connectivity index (χ1v) is 9.56. The SMILES string of the molecule is N#Cc1ccc(-n2c(Br)cnc2SCC(=O)NCC(=O)O)c2ccccc12. The van der Waals surface area contributed by atoms with Crippen molar-refractivity contribution in [2.75, 3.05) is 12.3 Å².